The van der Waals surface area contributed by atoms with E-state index in [1.165, 1.54) is 109 Å². The summed E-state index contributed by atoms with van der Waals surface area (Å²) in [6.45, 7) is 6.48. The van der Waals surface area contributed by atoms with Gasteiger partial charge in [0.05, 0.1) is 34.6 Å². The fourth-order valence-corrected chi connectivity index (χ4v) is 16.6. The van der Waals surface area contributed by atoms with Crippen LogP contribution >= 0.6 is 86.3 Å². The number of carbonyl (C=O) groups is 4. The molecule has 0 saturated heterocycles. The van der Waals surface area contributed by atoms with E-state index in [2.05, 4.69) is 98.2 Å². The number of esters is 4. The lowest BCUT2D eigenvalue weighted by Crippen LogP contribution is -2.17. The average molecular weight is 2180 g/mol. The van der Waals surface area contributed by atoms with Gasteiger partial charge in [-0.25, -0.2) is 55.4 Å². The number of aromatic hydroxyl groups is 3. The standard InChI is InChI=1S/C21H17BrFNO4S.C21H18FNO4S.C18H13BrFNO3S.C12H10FN.C6H4BrClO3S.C6H5BrO.C6H10O3.ClHO3S/c1-2-21(25)28-19-11-9-16(22)13-20(19)29(26,27)24-18-12-15(8-10-17(18)23)14-6-4-3-5-7-14;1-2-21(24)27-19-10-6-7-11-20(19)28(25,26)23-18-14-16(12-13-17(18)22)15-8-4-3-5-9-15;19-14-7-9-17(22)18(11-14)25(23,24)21-16-10-13(6-8-15(16)20)12-4-2-1-3-5-12;13-11-7-6-10(8-12(11)14)9-4-2-1-3-5-9;7-4-1-2-5(9)6(3-4)12(8,10)11;7-5-1-3-6(8)4-2-5;1-3-5(7)9-6(8)4-2;1-4-5(2)3/h3-13,24H,2H2,1H3;3-14,23H,2H2,1H3;1-11,21-22H;1-8H,14H2;1-3,9H;1-4,8H;3-4H2,1-2H3;(H,2,3)/p-1. The quantitative estimate of drug-likeness (QED) is 0.00668. The van der Waals surface area contributed by atoms with Crippen LogP contribution in [0.1, 0.15) is 53.4 Å². The predicted octanol–water partition coefficient (Wildman–Crippen LogP) is 22.9. The minimum absolute atomic E-state index is 0.0801. The predicted molar refractivity (Wildman–Crippen MR) is 505 cm³/mol. The van der Waals surface area contributed by atoms with Crippen LogP contribution < -0.4 is 29.4 Å². The molecule has 8 N–H and O–H groups in total. The maximum absolute atomic E-state index is 14.4. The molecule has 1 atom stereocenters. The highest BCUT2D eigenvalue weighted by molar-refractivity contribution is 9.11. The summed E-state index contributed by atoms with van der Waals surface area (Å²) in [4.78, 5) is 42.7. The number of phenolic OH excluding ortho intramolecular Hbond substituents is 3. The summed E-state index contributed by atoms with van der Waals surface area (Å²) >= 11 is 14.3. The number of sulfonamides is 3. The second-order valence-corrected chi connectivity index (χ2v) is 37.8. The van der Waals surface area contributed by atoms with Gasteiger partial charge in [0, 0.05) is 54.3 Å². The van der Waals surface area contributed by atoms with E-state index in [9.17, 15) is 75.5 Å². The largest absolute Gasteiger partial charge is 0.749 e. The Morgan fingerprint density at radius 2 is 0.662 bits per heavy atom. The molecule has 0 heterocycles. The van der Waals surface area contributed by atoms with Crippen LogP contribution in [0.5, 0.6) is 28.7 Å². The molecule has 13 aromatic carbocycles. The van der Waals surface area contributed by atoms with E-state index in [-0.39, 0.29) is 91.1 Å². The first kappa shape index (κ1) is 107. The number of para-hydroxylation sites is 1. The van der Waals surface area contributed by atoms with Crippen LogP contribution in [0.2, 0.25) is 0 Å². The van der Waals surface area contributed by atoms with Crippen molar-refractivity contribution >= 4 is 183 Å². The third-order valence-electron chi connectivity index (χ3n) is 16.5. The smallest absolute Gasteiger partial charge is 0.313 e. The van der Waals surface area contributed by atoms with Crippen molar-refractivity contribution in [2.45, 2.75) is 73.0 Å². The molecule has 1 unspecified atom stereocenters. The molecular weight excluding hydrogens is 2100 g/mol. The molecule has 40 heteroatoms. The normalized spacial score (nSPS) is 10.9. The molecule has 25 nitrogen and oxygen atoms in total. The highest BCUT2D eigenvalue weighted by Gasteiger charge is 2.27. The molecule has 0 bridgehead atoms. The Hall–Kier alpha value is -11.4. The summed E-state index contributed by atoms with van der Waals surface area (Å²) in [5.74, 6) is -5.31. The highest BCUT2D eigenvalue weighted by Crippen LogP contribution is 2.37. The highest BCUT2D eigenvalue weighted by atomic mass is 79.9. The van der Waals surface area contributed by atoms with Crippen LogP contribution in [0, 0.1) is 23.3 Å². The first-order chi connectivity index (χ1) is 61.5. The Labute approximate surface area is 793 Å². The molecular formula is C90H77Br4Cl2F4N4O21S5-. The fraction of sp³-hybridized carbons (Fsp3) is 0.0889. The van der Waals surface area contributed by atoms with Crippen molar-refractivity contribution in [1.82, 2.24) is 0 Å². The van der Waals surface area contributed by atoms with Crippen LogP contribution in [-0.2, 0) is 78.1 Å². The topological polar surface area (TPSA) is 405 Å². The Balaban J connectivity index is 0.000000242. The van der Waals surface area contributed by atoms with Crippen molar-refractivity contribution in [3.8, 4) is 73.3 Å². The maximum atomic E-state index is 14.4. The van der Waals surface area contributed by atoms with Crippen molar-refractivity contribution in [3.05, 3.63) is 338 Å². The molecule has 684 valence electrons. The average Bonchev–Trinajstić information content (AvgIpc) is 0.795. The van der Waals surface area contributed by atoms with Crippen LogP contribution in [0.15, 0.2) is 335 Å². The molecule has 0 saturated carbocycles. The number of anilines is 4. The summed E-state index contributed by atoms with van der Waals surface area (Å²) in [6.07, 6.45) is 0.684. The van der Waals surface area contributed by atoms with Crippen LogP contribution in [-0.4, -0.2) is 81.6 Å². The van der Waals surface area contributed by atoms with Gasteiger partial charge in [0.25, 0.3) is 39.1 Å². The number of hydrogen-bond acceptors (Lipinski definition) is 22. The molecule has 0 aliphatic rings. The molecule has 0 amide bonds. The van der Waals surface area contributed by atoms with Gasteiger partial charge in [-0.1, -0.05) is 249 Å². The fourth-order valence-electron chi connectivity index (χ4n) is 10.2. The van der Waals surface area contributed by atoms with Gasteiger partial charge in [-0.15, -0.1) is 0 Å². The molecule has 13 aromatic rings. The Morgan fingerprint density at radius 1 is 0.369 bits per heavy atom. The molecule has 0 spiro atoms. The van der Waals surface area contributed by atoms with Crippen molar-refractivity contribution in [3.63, 3.8) is 0 Å². The first-order valence-corrected chi connectivity index (χ1v) is 48.8. The SMILES string of the molecule is CCC(=O)OC(=O)CC.CCC(=O)Oc1ccc(Br)cc1S(=O)(=O)Nc1cc(-c2ccccc2)ccc1F.CCC(=O)Oc1ccccc1S(=O)(=O)Nc1cc(-c2ccccc2)ccc1F.Nc1cc(-c2ccccc2)ccc1F.O=S(=O)(Cl)c1cc(Br)ccc1O.O=S(=O)(Nc1cc(-c2ccccc2)ccc1F)c1cc(Br)ccc1O.O=S([O-])OCl.Oc1ccc(Br)cc1. The molecule has 0 aromatic heterocycles. The Morgan fingerprint density at radius 3 is 1.00 bits per heavy atom. The monoisotopic (exact) mass is 2170 g/mol. The minimum Gasteiger partial charge on any atom is -0.749 e. The van der Waals surface area contributed by atoms with E-state index < -0.39 is 97.6 Å². The number of phenols is 3. The summed E-state index contributed by atoms with van der Waals surface area (Å²) in [6, 6.07) is 79.4. The van der Waals surface area contributed by atoms with Gasteiger partial charge in [-0.2, -0.15) is 3.74 Å². The van der Waals surface area contributed by atoms with Crippen molar-refractivity contribution in [1.29, 1.82) is 0 Å². The van der Waals surface area contributed by atoms with E-state index in [1.807, 2.05) is 121 Å². The van der Waals surface area contributed by atoms with E-state index in [0.717, 1.165) is 32.3 Å². The summed E-state index contributed by atoms with van der Waals surface area (Å²) in [5.41, 5.74) is 11.5. The lowest BCUT2D eigenvalue weighted by atomic mass is 10.1. The molecule has 13 rings (SSSR count). The zero-order chi connectivity index (χ0) is 96.1. The molecule has 0 aliphatic heterocycles. The van der Waals surface area contributed by atoms with E-state index >= 15 is 0 Å². The Bertz CT molecular complexity index is 6520. The maximum Gasteiger partial charge on any atom is 0.313 e. The van der Waals surface area contributed by atoms with Gasteiger partial charge in [-0.05, 0) is 184 Å². The second-order valence-electron chi connectivity index (χ2n) is 25.8. The summed E-state index contributed by atoms with van der Waals surface area (Å²) in [7, 11) is -11.4. The number of benzene rings is 13. The lowest BCUT2D eigenvalue weighted by Gasteiger charge is -2.14. The summed E-state index contributed by atoms with van der Waals surface area (Å²) in [5, 5.41) is 27.6. The number of carbonyl (C=O) groups excluding carboxylic acids is 4. The first-order valence-electron chi connectivity index (χ1n) is 37.5. The number of nitrogen functional groups attached to an aromatic ring is 1. The zero-order valence-corrected chi connectivity index (χ0v) is 80.1. The number of ether oxygens (including phenoxy) is 3. The number of nitrogens with two attached hydrogens (primary N) is 1. The van der Waals surface area contributed by atoms with Crippen molar-refractivity contribution < 1.29 is 112 Å². The van der Waals surface area contributed by atoms with Crippen molar-refractivity contribution in [2.24, 2.45) is 0 Å². The van der Waals surface area contributed by atoms with E-state index in [1.54, 1.807) is 94.4 Å². The molecule has 0 fully saturated rings. The van der Waals surface area contributed by atoms with Gasteiger partial charge in [-0.3, -0.25) is 33.3 Å². The molecule has 130 heavy (non-hydrogen) atoms. The number of nitrogens with one attached hydrogen (secondary N) is 3. The number of hydrogen-bond donors (Lipinski definition) is 7. The Kier molecular flexibility index (Phi) is 43.3. The zero-order valence-electron chi connectivity index (χ0n) is 68.2. The van der Waals surface area contributed by atoms with E-state index in [4.69, 9.17) is 44.9 Å². The second kappa shape index (κ2) is 52.5. The number of halogens is 10. The van der Waals surface area contributed by atoms with Gasteiger partial charge < -0.3 is 39.8 Å². The minimum atomic E-state index is -4.24. The third kappa shape index (κ3) is 35.5. The molecule has 0 radical (unpaired) electrons. The van der Waals surface area contributed by atoms with Crippen molar-refractivity contribution in [2.75, 3.05) is 19.9 Å². The van der Waals surface area contributed by atoms with E-state index in [0.29, 0.717) is 35.9 Å². The lowest BCUT2D eigenvalue weighted by molar-refractivity contribution is -0.159. The van der Waals surface area contributed by atoms with Gasteiger partial charge in [0.1, 0.15) is 71.5 Å². The van der Waals surface area contributed by atoms with Gasteiger partial charge in [0.2, 0.25) is 0 Å². The van der Waals surface area contributed by atoms with Crippen LogP contribution in [0.4, 0.5) is 40.3 Å². The molecule has 0 aliphatic carbocycles. The third-order valence-corrected chi connectivity index (χ3v) is 24.5. The van der Waals surface area contributed by atoms with Crippen LogP contribution in [0.3, 0.4) is 0 Å². The van der Waals surface area contributed by atoms with Crippen LogP contribution in [0.25, 0.3) is 44.5 Å². The van der Waals surface area contributed by atoms with Gasteiger partial charge >= 0.3 is 23.9 Å². The number of rotatable bonds is 21. The van der Waals surface area contributed by atoms with Gasteiger partial charge in [0.15, 0.2) is 11.5 Å². The summed E-state index contributed by atoms with van der Waals surface area (Å²) < 4.78 is 199.